The first-order valence-electron chi connectivity index (χ1n) is 11.6. The van der Waals surface area contributed by atoms with Crippen molar-refractivity contribution in [3.8, 4) is 5.75 Å². The Morgan fingerprint density at radius 3 is 2.07 bits per heavy atom. The van der Waals surface area contributed by atoms with Crippen LogP contribution in [0.5, 0.6) is 5.75 Å². The molecule has 1 N–H and O–H groups in total. The summed E-state index contributed by atoms with van der Waals surface area (Å²) in [5.74, 6) is -4.69. The van der Waals surface area contributed by atoms with Crippen LogP contribution in [0.3, 0.4) is 0 Å². The van der Waals surface area contributed by atoms with Crippen LogP contribution in [0.1, 0.15) is 43.0 Å². The summed E-state index contributed by atoms with van der Waals surface area (Å²) in [6, 6.07) is 7.38. The molecule has 0 aromatic heterocycles. The van der Waals surface area contributed by atoms with Crippen LogP contribution in [0.4, 0.5) is 49.6 Å². The number of halogens is 11. The van der Waals surface area contributed by atoms with Crippen molar-refractivity contribution in [1.29, 1.82) is 0 Å². The molecular formula is C27H18ClF10NO3. The minimum atomic E-state index is -6.55. The number of benzene rings is 3. The van der Waals surface area contributed by atoms with Gasteiger partial charge in [-0.2, -0.15) is 35.1 Å². The van der Waals surface area contributed by atoms with E-state index in [1.165, 1.54) is 12.1 Å². The molecule has 0 bridgehead atoms. The van der Waals surface area contributed by atoms with Gasteiger partial charge in [-0.25, -0.2) is 8.78 Å². The van der Waals surface area contributed by atoms with Crippen LogP contribution < -0.4 is 10.1 Å². The van der Waals surface area contributed by atoms with Crippen LogP contribution in [0, 0.1) is 19.7 Å². The molecule has 0 fully saturated rings. The van der Waals surface area contributed by atoms with Crippen LogP contribution in [0.25, 0.3) is 0 Å². The van der Waals surface area contributed by atoms with Gasteiger partial charge in [0.2, 0.25) is 0 Å². The van der Waals surface area contributed by atoms with Crippen molar-refractivity contribution in [2.24, 2.45) is 0 Å². The molecule has 3 aromatic carbocycles. The molecule has 0 saturated carbocycles. The fourth-order valence-electron chi connectivity index (χ4n) is 3.99. The van der Waals surface area contributed by atoms with Crippen molar-refractivity contribution in [2.45, 2.75) is 44.9 Å². The zero-order valence-electron chi connectivity index (χ0n) is 21.3. The second-order valence-electron chi connectivity index (χ2n) is 9.01. The smallest absolute Gasteiger partial charge is 0.435 e. The molecule has 0 aliphatic heterocycles. The number of hydrogen-bond acceptors (Lipinski definition) is 3. The first-order chi connectivity index (χ1) is 19.3. The lowest BCUT2D eigenvalue weighted by Gasteiger charge is -2.31. The Kier molecular flexibility index (Phi) is 9.20. The maximum atomic E-state index is 15.2. The van der Waals surface area contributed by atoms with Crippen LogP contribution in [-0.4, -0.2) is 30.7 Å². The third kappa shape index (κ3) is 6.48. The lowest BCUT2D eigenvalue weighted by atomic mass is 9.89. The number of hydrogen-bond donors (Lipinski definition) is 1. The van der Waals surface area contributed by atoms with E-state index in [4.69, 9.17) is 11.6 Å². The number of ether oxygens (including phenoxy) is 1. The van der Waals surface area contributed by atoms with E-state index in [9.17, 15) is 49.1 Å². The molecule has 15 heteroatoms. The Bertz CT molecular complexity index is 1510. The zero-order chi connectivity index (χ0) is 31.8. The first kappa shape index (κ1) is 32.7. The van der Waals surface area contributed by atoms with Gasteiger partial charge in [-0.1, -0.05) is 29.8 Å². The van der Waals surface area contributed by atoms with Crippen molar-refractivity contribution < 1.29 is 58.2 Å². The lowest BCUT2D eigenvalue weighted by molar-refractivity contribution is -0.348. The Morgan fingerprint density at radius 1 is 0.905 bits per heavy atom. The van der Waals surface area contributed by atoms with Gasteiger partial charge < -0.3 is 10.1 Å². The van der Waals surface area contributed by atoms with Gasteiger partial charge >= 0.3 is 24.6 Å². The average Bonchev–Trinajstić information content (AvgIpc) is 2.84. The number of ketones is 1. The Hall–Kier alpha value is -3.81. The van der Waals surface area contributed by atoms with Crippen LogP contribution in [-0.2, 0) is 12.1 Å². The van der Waals surface area contributed by atoms with Gasteiger partial charge in [-0.3, -0.25) is 9.59 Å². The molecule has 4 nitrogen and oxygen atoms in total. The van der Waals surface area contributed by atoms with Crippen LogP contribution >= 0.6 is 11.6 Å². The normalized spacial score (nSPS) is 12.4. The highest BCUT2D eigenvalue weighted by molar-refractivity contribution is 6.34. The van der Waals surface area contributed by atoms with Gasteiger partial charge in [0.25, 0.3) is 5.91 Å². The number of carbonyl (C=O) groups is 2. The van der Waals surface area contributed by atoms with Crippen LogP contribution in [0.15, 0.2) is 48.5 Å². The van der Waals surface area contributed by atoms with E-state index in [-0.39, 0.29) is 22.7 Å². The van der Waals surface area contributed by atoms with E-state index < -0.39 is 82.3 Å². The lowest BCUT2D eigenvalue weighted by Crippen LogP contribution is -2.50. The molecule has 226 valence electrons. The third-order valence-corrected chi connectivity index (χ3v) is 6.39. The number of carbonyl (C=O) groups excluding carboxylic acids is 2. The summed E-state index contributed by atoms with van der Waals surface area (Å²) < 4.78 is 140. The summed E-state index contributed by atoms with van der Waals surface area (Å²) in [5.41, 5.74) is -9.94. The second-order valence-corrected chi connectivity index (χ2v) is 9.41. The third-order valence-electron chi connectivity index (χ3n) is 6.08. The molecule has 42 heavy (non-hydrogen) atoms. The number of nitrogens with one attached hydrogen (secondary N) is 1. The number of aryl methyl sites for hydroxylation is 2. The maximum Gasteiger partial charge on any atom is 0.435 e. The quantitative estimate of drug-likeness (QED) is 0.200. The fourth-order valence-corrected chi connectivity index (χ4v) is 4.31. The average molecular weight is 630 g/mol. The van der Waals surface area contributed by atoms with Gasteiger partial charge in [-0.05, 0) is 55.3 Å². The van der Waals surface area contributed by atoms with E-state index >= 15 is 4.39 Å². The van der Waals surface area contributed by atoms with E-state index in [1.54, 1.807) is 13.0 Å². The second kappa shape index (κ2) is 11.8. The van der Waals surface area contributed by atoms with Gasteiger partial charge in [0.05, 0.1) is 21.8 Å². The Labute approximate surface area is 236 Å². The molecule has 0 aliphatic rings. The summed E-state index contributed by atoms with van der Waals surface area (Å²) in [6.45, 7) is -1.27. The van der Waals surface area contributed by atoms with E-state index in [1.807, 2.05) is 0 Å². The molecule has 0 atom stereocenters. The van der Waals surface area contributed by atoms with E-state index in [0.717, 1.165) is 30.7 Å². The minimum absolute atomic E-state index is 0.0375. The largest absolute Gasteiger partial charge is 0.435 e. The monoisotopic (exact) mass is 629 g/mol. The molecule has 0 radical (unpaired) electrons. The highest BCUT2D eigenvalue weighted by atomic mass is 35.5. The predicted octanol–water partition coefficient (Wildman–Crippen LogP) is 8.66. The van der Waals surface area contributed by atoms with Crippen molar-refractivity contribution in [3.05, 3.63) is 92.8 Å². The number of Topliss-reactive ketones (excluding diaryl/α,β-unsaturated/α-hetero) is 1. The summed E-state index contributed by atoms with van der Waals surface area (Å²) in [4.78, 5) is 25.6. The van der Waals surface area contributed by atoms with Gasteiger partial charge in [0, 0.05) is 17.5 Å². The molecular weight excluding hydrogens is 612 g/mol. The molecule has 0 saturated heterocycles. The molecule has 3 rings (SSSR count). The van der Waals surface area contributed by atoms with Gasteiger partial charge in [-0.15, -0.1) is 0 Å². The van der Waals surface area contributed by atoms with E-state index in [2.05, 4.69) is 10.1 Å². The van der Waals surface area contributed by atoms with E-state index in [0.29, 0.717) is 0 Å². The molecule has 0 aliphatic carbocycles. The standard InChI is InChI=1S/C27H18ClF10NO3/c1-12-6-7-15(18(28)8-12)23(41)39-19-5-3-4-16(22(19)29)20(40)11-17-13(2)9-14(10-21(17)42-24(30)31)25(32,26(33,34)35)27(36,37)38/h3-10,24H,11H2,1-2H3,(H,39,41). The SMILES string of the molecule is Cc1ccc(C(=O)Nc2cccc(C(=O)Cc3c(C)cc(C(F)(C(F)(F)F)C(F)(F)F)cc3OC(F)F)c2F)c(Cl)c1. The summed E-state index contributed by atoms with van der Waals surface area (Å²) in [6.07, 6.45) is -14.2. The first-order valence-corrected chi connectivity index (χ1v) is 12.0. The summed E-state index contributed by atoms with van der Waals surface area (Å²) in [5, 5.41) is 2.26. The fraction of sp³-hybridized carbons (Fsp3) is 0.259. The summed E-state index contributed by atoms with van der Waals surface area (Å²) in [7, 11) is 0. The zero-order valence-corrected chi connectivity index (χ0v) is 22.0. The molecule has 1 amide bonds. The molecule has 3 aromatic rings. The van der Waals surface area contributed by atoms with Crippen molar-refractivity contribution >= 4 is 29.0 Å². The Morgan fingerprint density at radius 2 is 1.52 bits per heavy atom. The number of rotatable bonds is 8. The number of amides is 1. The molecule has 0 heterocycles. The molecule has 0 spiro atoms. The van der Waals surface area contributed by atoms with Crippen molar-refractivity contribution in [2.75, 3.05) is 5.32 Å². The van der Waals surface area contributed by atoms with Crippen LogP contribution in [0.2, 0.25) is 5.02 Å². The number of alkyl halides is 9. The van der Waals surface area contributed by atoms with Gasteiger partial charge in [0.1, 0.15) is 5.75 Å². The van der Waals surface area contributed by atoms with Gasteiger partial charge in [0.15, 0.2) is 11.6 Å². The predicted molar refractivity (Wildman–Crippen MR) is 131 cm³/mol. The maximum absolute atomic E-state index is 15.2. The highest BCUT2D eigenvalue weighted by Gasteiger charge is 2.73. The minimum Gasteiger partial charge on any atom is -0.435 e. The highest BCUT2D eigenvalue weighted by Crippen LogP contribution is 2.54. The van der Waals surface area contributed by atoms with Crippen molar-refractivity contribution in [3.63, 3.8) is 0 Å². The van der Waals surface area contributed by atoms with Crippen molar-refractivity contribution in [1.82, 2.24) is 0 Å². The summed E-state index contributed by atoms with van der Waals surface area (Å²) >= 11 is 6.03. The topological polar surface area (TPSA) is 55.4 Å². The molecule has 0 unspecified atom stereocenters. The Balaban J connectivity index is 2.01. The number of anilines is 1.